The van der Waals surface area contributed by atoms with Crippen molar-refractivity contribution < 1.29 is 14.3 Å². The van der Waals surface area contributed by atoms with Crippen molar-refractivity contribution in [3.05, 3.63) is 79.3 Å². The number of benzene rings is 2. The first kappa shape index (κ1) is 25.9. The van der Waals surface area contributed by atoms with E-state index in [1.165, 1.54) is 12.4 Å². The van der Waals surface area contributed by atoms with Gasteiger partial charge in [-0.25, -0.2) is 9.97 Å². The van der Waals surface area contributed by atoms with Crippen LogP contribution < -0.4 is 26.0 Å². The van der Waals surface area contributed by atoms with Crippen LogP contribution in [0.2, 0.25) is 0 Å². The van der Waals surface area contributed by atoms with Crippen LogP contribution in [0.5, 0.6) is 5.75 Å². The Kier molecular flexibility index (Phi) is 7.80. The van der Waals surface area contributed by atoms with Gasteiger partial charge in [-0.05, 0) is 30.3 Å². The van der Waals surface area contributed by atoms with Gasteiger partial charge < -0.3 is 30.7 Å². The number of para-hydroxylation sites is 1. The van der Waals surface area contributed by atoms with Gasteiger partial charge in [-0.3, -0.25) is 9.48 Å². The molecular formula is C28H30N8O3. The van der Waals surface area contributed by atoms with Crippen LogP contribution in [0.3, 0.4) is 0 Å². The van der Waals surface area contributed by atoms with Gasteiger partial charge in [0.05, 0.1) is 31.2 Å². The minimum atomic E-state index is -0.323. The maximum Gasteiger partial charge on any atom is 0.247 e. The second-order valence-electron chi connectivity index (χ2n) is 8.86. The highest BCUT2D eigenvalue weighted by molar-refractivity contribution is 6.00. The highest BCUT2D eigenvalue weighted by atomic mass is 16.5. The van der Waals surface area contributed by atoms with E-state index in [1.807, 2.05) is 49.6 Å². The number of carbonyl (C=O) groups excluding carboxylic acids is 1. The van der Waals surface area contributed by atoms with E-state index < -0.39 is 0 Å². The van der Waals surface area contributed by atoms with Crippen LogP contribution in [0, 0.1) is 0 Å². The molecule has 0 aliphatic carbocycles. The van der Waals surface area contributed by atoms with Crippen LogP contribution in [-0.2, 0) is 16.6 Å². The summed E-state index contributed by atoms with van der Waals surface area (Å²) in [5, 5.41) is 17.4. The number of hydrogen-bond donors (Lipinski definition) is 4. The molecule has 4 N–H and O–H groups in total. The SMILES string of the molecule is C=CC(=O)Nc1cc(Nc2cc(Nc3ccccc3-c3ccn(C)n3)ncn2)c(OC)cc1C1CNCCO1. The molecule has 1 saturated heterocycles. The Balaban J connectivity index is 1.43. The number of nitrogens with one attached hydrogen (secondary N) is 4. The topological polar surface area (TPSA) is 127 Å². The van der Waals surface area contributed by atoms with Crippen molar-refractivity contribution >= 4 is 34.6 Å². The molecular weight excluding hydrogens is 496 g/mol. The lowest BCUT2D eigenvalue weighted by Crippen LogP contribution is -2.33. The number of anilines is 5. The largest absolute Gasteiger partial charge is 0.495 e. The number of aromatic nitrogens is 4. The van der Waals surface area contributed by atoms with Gasteiger partial charge in [0, 0.05) is 54.9 Å². The molecule has 1 aliphatic rings. The smallest absolute Gasteiger partial charge is 0.247 e. The van der Waals surface area contributed by atoms with Gasteiger partial charge in [-0.2, -0.15) is 5.10 Å². The third-order valence-corrected chi connectivity index (χ3v) is 6.20. The fourth-order valence-corrected chi connectivity index (χ4v) is 4.33. The van der Waals surface area contributed by atoms with E-state index in [0.717, 1.165) is 29.1 Å². The van der Waals surface area contributed by atoms with Gasteiger partial charge in [0.15, 0.2) is 0 Å². The molecule has 5 rings (SSSR count). The van der Waals surface area contributed by atoms with E-state index in [0.29, 0.717) is 41.9 Å². The van der Waals surface area contributed by atoms with Crippen molar-refractivity contribution in [1.29, 1.82) is 0 Å². The number of hydrogen-bond acceptors (Lipinski definition) is 9. The summed E-state index contributed by atoms with van der Waals surface area (Å²) >= 11 is 0. The van der Waals surface area contributed by atoms with Crippen LogP contribution in [0.4, 0.5) is 28.7 Å². The van der Waals surface area contributed by atoms with Crippen molar-refractivity contribution in [2.75, 3.05) is 42.8 Å². The molecule has 0 spiro atoms. The zero-order valence-electron chi connectivity index (χ0n) is 21.8. The second-order valence-corrected chi connectivity index (χ2v) is 8.86. The Bertz CT molecular complexity index is 1480. The highest BCUT2D eigenvalue weighted by Gasteiger charge is 2.23. The quantitative estimate of drug-likeness (QED) is 0.238. The van der Waals surface area contributed by atoms with Crippen molar-refractivity contribution in [3.8, 4) is 17.0 Å². The van der Waals surface area contributed by atoms with Crippen LogP contribution >= 0.6 is 0 Å². The van der Waals surface area contributed by atoms with E-state index >= 15 is 0 Å². The molecule has 4 aromatic rings. The summed E-state index contributed by atoms with van der Waals surface area (Å²) in [5.74, 6) is 1.37. The maximum atomic E-state index is 12.2. The number of ether oxygens (including phenoxy) is 2. The van der Waals surface area contributed by atoms with E-state index in [4.69, 9.17) is 9.47 Å². The second kappa shape index (κ2) is 11.8. The normalized spacial score (nSPS) is 14.9. The van der Waals surface area contributed by atoms with Crippen LogP contribution in [0.25, 0.3) is 11.3 Å². The Morgan fingerprint density at radius 2 is 1.92 bits per heavy atom. The molecule has 2 aromatic carbocycles. The summed E-state index contributed by atoms with van der Waals surface area (Å²) < 4.78 is 13.4. The van der Waals surface area contributed by atoms with E-state index in [-0.39, 0.29) is 12.0 Å². The number of nitrogens with zero attached hydrogens (tertiary/aromatic N) is 4. The lowest BCUT2D eigenvalue weighted by Gasteiger charge is -2.27. The van der Waals surface area contributed by atoms with E-state index in [9.17, 15) is 4.79 Å². The van der Waals surface area contributed by atoms with Gasteiger partial charge in [-0.1, -0.05) is 24.8 Å². The molecule has 3 heterocycles. The Morgan fingerprint density at radius 1 is 1.13 bits per heavy atom. The first-order valence-electron chi connectivity index (χ1n) is 12.5. The Hall–Kier alpha value is -4.74. The zero-order chi connectivity index (χ0) is 27.2. The number of rotatable bonds is 9. The van der Waals surface area contributed by atoms with E-state index in [1.54, 1.807) is 23.9 Å². The summed E-state index contributed by atoms with van der Waals surface area (Å²) in [7, 11) is 3.48. The number of methoxy groups -OCH3 is 1. The standard InChI is InChI=1S/C28H30N8O3/c1-4-28(37)34-22-14-23(24(38-3)13-19(22)25-16-29-10-12-39-25)33-27-15-26(30-17-31-27)32-20-8-6-5-7-18(20)21-9-11-36(2)35-21/h4-9,11,13-15,17,25,29H,1,10,12,16H2,2-3H3,(H,34,37)(H2,30,31,32,33). The zero-order valence-corrected chi connectivity index (χ0v) is 21.8. The van der Waals surface area contributed by atoms with Crippen molar-refractivity contribution in [2.45, 2.75) is 6.10 Å². The third kappa shape index (κ3) is 6.06. The highest BCUT2D eigenvalue weighted by Crippen LogP contribution is 2.38. The fourth-order valence-electron chi connectivity index (χ4n) is 4.33. The van der Waals surface area contributed by atoms with Crippen LogP contribution in [-0.4, -0.2) is 52.5 Å². The molecule has 1 amide bonds. The van der Waals surface area contributed by atoms with Crippen molar-refractivity contribution in [3.63, 3.8) is 0 Å². The molecule has 0 saturated carbocycles. The molecule has 1 unspecified atom stereocenters. The van der Waals surface area contributed by atoms with Gasteiger partial charge in [0.25, 0.3) is 0 Å². The Labute approximate surface area is 226 Å². The molecule has 11 nitrogen and oxygen atoms in total. The molecule has 39 heavy (non-hydrogen) atoms. The number of aryl methyl sites for hydroxylation is 1. The lowest BCUT2D eigenvalue weighted by molar-refractivity contribution is -0.111. The Morgan fingerprint density at radius 3 is 2.62 bits per heavy atom. The maximum absolute atomic E-state index is 12.2. The predicted octanol–water partition coefficient (Wildman–Crippen LogP) is 4.16. The summed E-state index contributed by atoms with van der Waals surface area (Å²) in [6, 6.07) is 15.3. The minimum absolute atomic E-state index is 0.240. The fraction of sp³-hybridized carbons (Fsp3) is 0.214. The molecule has 1 fully saturated rings. The number of carbonyl (C=O) groups is 1. The average molecular weight is 527 g/mol. The summed E-state index contributed by atoms with van der Waals surface area (Å²) in [5.41, 5.74) is 4.67. The lowest BCUT2D eigenvalue weighted by atomic mass is 10.0. The molecule has 1 atom stereocenters. The molecule has 11 heteroatoms. The summed E-state index contributed by atoms with van der Waals surface area (Å²) in [6.07, 6.45) is 4.36. The summed E-state index contributed by atoms with van der Waals surface area (Å²) in [4.78, 5) is 21.0. The first-order chi connectivity index (χ1) is 19.0. The number of morpholine rings is 1. The van der Waals surface area contributed by atoms with Gasteiger partial charge in [-0.15, -0.1) is 0 Å². The molecule has 2 aromatic heterocycles. The molecule has 1 aliphatic heterocycles. The van der Waals surface area contributed by atoms with Crippen molar-refractivity contribution in [1.82, 2.24) is 25.1 Å². The third-order valence-electron chi connectivity index (χ3n) is 6.20. The first-order valence-corrected chi connectivity index (χ1v) is 12.5. The average Bonchev–Trinajstić information content (AvgIpc) is 3.40. The van der Waals surface area contributed by atoms with Crippen LogP contribution in [0.1, 0.15) is 11.7 Å². The predicted molar refractivity (Wildman–Crippen MR) is 151 cm³/mol. The monoisotopic (exact) mass is 526 g/mol. The van der Waals surface area contributed by atoms with Crippen molar-refractivity contribution in [2.24, 2.45) is 7.05 Å². The summed E-state index contributed by atoms with van der Waals surface area (Å²) in [6.45, 7) is 5.53. The van der Waals surface area contributed by atoms with E-state index in [2.05, 4.69) is 42.9 Å². The van der Waals surface area contributed by atoms with Gasteiger partial charge in [0.1, 0.15) is 23.7 Å². The molecule has 0 bridgehead atoms. The minimum Gasteiger partial charge on any atom is -0.495 e. The van der Waals surface area contributed by atoms with Gasteiger partial charge >= 0.3 is 0 Å². The number of amides is 1. The molecule has 200 valence electrons. The van der Waals surface area contributed by atoms with Gasteiger partial charge in [0.2, 0.25) is 5.91 Å². The molecule has 0 radical (unpaired) electrons. The van der Waals surface area contributed by atoms with Crippen LogP contribution in [0.15, 0.2) is 73.7 Å².